The molecule has 0 aliphatic carbocycles. The van der Waals surface area contributed by atoms with E-state index in [9.17, 15) is 4.79 Å². The molecule has 1 amide bonds. The van der Waals surface area contributed by atoms with Crippen LogP contribution in [0.3, 0.4) is 0 Å². The number of ether oxygens (including phenoxy) is 2. The maximum Gasteiger partial charge on any atom is 0.412 e. The number of rotatable bonds is 5. The molecule has 4 heteroatoms. The first-order chi connectivity index (χ1) is 6.51. The first-order valence-electron chi connectivity index (χ1n) is 5.12. The van der Waals surface area contributed by atoms with Crippen LogP contribution in [0.1, 0.15) is 34.6 Å². The predicted molar refractivity (Wildman–Crippen MR) is 55.1 cm³/mol. The molecule has 1 unspecified atom stereocenters. The normalized spacial score (nSPS) is 12.7. The van der Waals surface area contributed by atoms with Crippen molar-refractivity contribution in [3.05, 3.63) is 0 Å². The minimum absolute atomic E-state index is 0.0644. The van der Waals surface area contributed by atoms with Crippen molar-refractivity contribution in [2.45, 2.75) is 47.0 Å². The molecule has 84 valence electrons. The Hall–Kier alpha value is -0.770. The largest absolute Gasteiger partial charge is 0.420 e. The second kappa shape index (κ2) is 6.65. The fraction of sp³-hybridized carbons (Fsp3) is 0.900. The van der Waals surface area contributed by atoms with Gasteiger partial charge in [0, 0.05) is 13.1 Å². The summed E-state index contributed by atoms with van der Waals surface area (Å²) in [6, 6.07) is 0. The SMILES string of the molecule is CCN(CC)C(=O)OC(C)OC(C)C. The molecule has 0 aromatic heterocycles. The van der Waals surface area contributed by atoms with Gasteiger partial charge >= 0.3 is 6.09 Å². The van der Waals surface area contributed by atoms with Crippen molar-refractivity contribution in [3.63, 3.8) is 0 Å². The third kappa shape index (κ3) is 5.07. The molecule has 0 aromatic carbocycles. The van der Waals surface area contributed by atoms with Crippen LogP contribution < -0.4 is 0 Å². The van der Waals surface area contributed by atoms with Crippen LogP contribution in [0.2, 0.25) is 0 Å². The van der Waals surface area contributed by atoms with Gasteiger partial charge in [-0.2, -0.15) is 0 Å². The molecule has 14 heavy (non-hydrogen) atoms. The van der Waals surface area contributed by atoms with Crippen molar-refractivity contribution < 1.29 is 14.3 Å². The first-order valence-corrected chi connectivity index (χ1v) is 5.12. The van der Waals surface area contributed by atoms with E-state index in [1.807, 2.05) is 27.7 Å². The number of hydrogen-bond acceptors (Lipinski definition) is 3. The van der Waals surface area contributed by atoms with E-state index in [0.29, 0.717) is 13.1 Å². The second-order valence-electron chi connectivity index (χ2n) is 3.31. The Bertz CT molecular complexity index is 167. The zero-order valence-corrected chi connectivity index (χ0v) is 9.74. The lowest BCUT2D eigenvalue weighted by Crippen LogP contribution is -2.34. The number of carbonyl (C=O) groups excluding carboxylic acids is 1. The Morgan fingerprint density at radius 1 is 1.21 bits per heavy atom. The van der Waals surface area contributed by atoms with E-state index in [1.165, 1.54) is 0 Å². The van der Waals surface area contributed by atoms with E-state index in [-0.39, 0.29) is 12.2 Å². The molecule has 0 rings (SSSR count). The summed E-state index contributed by atoms with van der Waals surface area (Å²) in [6.07, 6.45) is -0.735. The Balaban J connectivity index is 3.91. The van der Waals surface area contributed by atoms with Crippen molar-refractivity contribution in [1.82, 2.24) is 4.90 Å². The molecule has 1 atom stereocenters. The minimum Gasteiger partial charge on any atom is -0.420 e. The lowest BCUT2D eigenvalue weighted by molar-refractivity contribution is -0.122. The van der Waals surface area contributed by atoms with Gasteiger partial charge in [0.2, 0.25) is 6.29 Å². The molecule has 0 aliphatic heterocycles. The second-order valence-corrected chi connectivity index (χ2v) is 3.31. The van der Waals surface area contributed by atoms with Crippen molar-refractivity contribution >= 4 is 6.09 Å². The van der Waals surface area contributed by atoms with Crippen LogP contribution in [-0.2, 0) is 9.47 Å². The van der Waals surface area contributed by atoms with E-state index in [4.69, 9.17) is 9.47 Å². The summed E-state index contributed by atoms with van der Waals surface area (Å²) in [5.41, 5.74) is 0. The van der Waals surface area contributed by atoms with Crippen molar-refractivity contribution in [3.8, 4) is 0 Å². The minimum atomic E-state index is -0.483. The monoisotopic (exact) mass is 203 g/mol. The van der Waals surface area contributed by atoms with Gasteiger partial charge in [-0.05, 0) is 34.6 Å². The highest BCUT2D eigenvalue weighted by atomic mass is 16.7. The highest BCUT2D eigenvalue weighted by molar-refractivity contribution is 5.67. The number of carbonyl (C=O) groups is 1. The van der Waals surface area contributed by atoms with Crippen LogP contribution >= 0.6 is 0 Å². The van der Waals surface area contributed by atoms with Gasteiger partial charge in [-0.1, -0.05) is 0 Å². The summed E-state index contributed by atoms with van der Waals surface area (Å²) in [4.78, 5) is 13.0. The molecular weight excluding hydrogens is 182 g/mol. The van der Waals surface area contributed by atoms with Gasteiger partial charge in [0.25, 0.3) is 0 Å². The van der Waals surface area contributed by atoms with E-state index >= 15 is 0 Å². The molecule has 0 saturated heterocycles. The van der Waals surface area contributed by atoms with Crippen LogP contribution in [0.15, 0.2) is 0 Å². The fourth-order valence-electron chi connectivity index (χ4n) is 1.11. The summed E-state index contributed by atoms with van der Waals surface area (Å²) >= 11 is 0. The van der Waals surface area contributed by atoms with E-state index in [0.717, 1.165) is 0 Å². The Morgan fingerprint density at radius 2 is 1.71 bits per heavy atom. The van der Waals surface area contributed by atoms with Gasteiger partial charge in [0.05, 0.1) is 6.10 Å². The highest BCUT2D eigenvalue weighted by Crippen LogP contribution is 2.02. The smallest absolute Gasteiger partial charge is 0.412 e. The van der Waals surface area contributed by atoms with Crippen LogP contribution in [0.4, 0.5) is 4.79 Å². The average Bonchev–Trinajstić information content (AvgIpc) is 2.04. The van der Waals surface area contributed by atoms with Gasteiger partial charge in [-0.15, -0.1) is 0 Å². The first kappa shape index (κ1) is 13.2. The van der Waals surface area contributed by atoms with Crippen LogP contribution in [0.25, 0.3) is 0 Å². The molecule has 0 spiro atoms. The molecule has 0 N–H and O–H groups in total. The van der Waals surface area contributed by atoms with E-state index in [2.05, 4.69) is 0 Å². The molecule has 0 radical (unpaired) electrons. The van der Waals surface area contributed by atoms with Crippen LogP contribution in [-0.4, -0.2) is 36.5 Å². The molecule has 4 nitrogen and oxygen atoms in total. The summed E-state index contributed by atoms with van der Waals surface area (Å²) in [5.74, 6) is 0. The van der Waals surface area contributed by atoms with Crippen molar-refractivity contribution in [2.24, 2.45) is 0 Å². The van der Waals surface area contributed by atoms with Crippen molar-refractivity contribution in [1.29, 1.82) is 0 Å². The summed E-state index contributed by atoms with van der Waals surface area (Å²) in [5, 5.41) is 0. The molecule has 0 saturated carbocycles. The van der Waals surface area contributed by atoms with Crippen molar-refractivity contribution in [2.75, 3.05) is 13.1 Å². The summed E-state index contributed by atoms with van der Waals surface area (Å²) in [6.45, 7) is 10.7. The molecule has 0 fully saturated rings. The number of nitrogens with zero attached hydrogens (tertiary/aromatic N) is 1. The predicted octanol–water partition coefficient (Wildman–Crippen LogP) is 2.24. The number of amides is 1. The average molecular weight is 203 g/mol. The Kier molecular flexibility index (Phi) is 6.28. The molecule has 0 aromatic rings. The van der Waals surface area contributed by atoms with E-state index < -0.39 is 6.29 Å². The summed E-state index contributed by atoms with van der Waals surface area (Å²) in [7, 11) is 0. The van der Waals surface area contributed by atoms with Crippen LogP contribution in [0, 0.1) is 0 Å². The maximum absolute atomic E-state index is 11.4. The van der Waals surface area contributed by atoms with Gasteiger partial charge in [-0.25, -0.2) is 4.79 Å². The topological polar surface area (TPSA) is 38.8 Å². The maximum atomic E-state index is 11.4. The lowest BCUT2D eigenvalue weighted by Gasteiger charge is -2.22. The van der Waals surface area contributed by atoms with Gasteiger partial charge in [0.1, 0.15) is 0 Å². The standard InChI is InChI=1S/C10H21NO3/c1-6-11(7-2)10(12)14-9(5)13-8(3)4/h8-9H,6-7H2,1-5H3. The van der Waals surface area contributed by atoms with E-state index in [1.54, 1.807) is 11.8 Å². The van der Waals surface area contributed by atoms with Gasteiger partial charge in [0.15, 0.2) is 0 Å². The summed E-state index contributed by atoms with van der Waals surface area (Å²) < 4.78 is 10.4. The molecule has 0 bridgehead atoms. The Morgan fingerprint density at radius 3 is 2.07 bits per heavy atom. The quantitative estimate of drug-likeness (QED) is 0.643. The zero-order valence-electron chi connectivity index (χ0n) is 9.74. The fourth-order valence-corrected chi connectivity index (χ4v) is 1.11. The van der Waals surface area contributed by atoms with Crippen LogP contribution in [0.5, 0.6) is 0 Å². The molecule has 0 aliphatic rings. The van der Waals surface area contributed by atoms with Gasteiger partial charge < -0.3 is 14.4 Å². The molecular formula is C10H21NO3. The third-order valence-corrected chi connectivity index (χ3v) is 1.75. The third-order valence-electron chi connectivity index (χ3n) is 1.75. The lowest BCUT2D eigenvalue weighted by atomic mass is 10.5. The molecule has 0 heterocycles. The Labute approximate surface area is 86.2 Å². The highest BCUT2D eigenvalue weighted by Gasteiger charge is 2.15. The van der Waals surface area contributed by atoms with Gasteiger partial charge in [-0.3, -0.25) is 0 Å². The zero-order chi connectivity index (χ0) is 11.1. The number of hydrogen-bond donors (Lipinski definition) is 0.